The van der Waals surface area contributed by atoms with Gasteiger partial charge in [-0.3, -0.25) is 9.55 Å². The summed E-state index contributed by atoms with van der Waals surface area (Å²) in [5.74, 6) is 0.840. The molecule has 0 saturated carbocycles. The molecular formula is C37H24N4. The molecule has 4 aromatic carbocycles. The van der Waals surface area contributed by atoms with E-state index in [1.54, 1.807) is 0 Å². The summed E-state index contributed by atoms with van der Waals surface area (Å²) in [7, 11) is 0. The Hall–Kier alpha value is -5.61. The first kappa shape index (κ1) is 23.3. The number of benzene rings is 4. The maximum Gasteiger partial charge on any atom is 0.138 e. The minimum atomic E-state index is 0.824. The summed E-state index contributed by atoms with van der Waals surface area (Å²) < 4.78 is 2.18. The molecule has 0 aliphatic heterocycles. The zero-order chi connectivity index (χ0) is 27.2. The van der Waals surface area contributed by atoms with Crippen LogP contribution in [0.2, 0.25) is 0 Å². The van der Waals surface area contributed by atoms with Crippen LogP contribution < -0.4 is 0 Å². The van der Waals surface area contributed by atoms with Crippen LogP contribution in [0.1, 0.15) is 0 Å². The third kappa shape index (κ3) is 4.05. The number of pyridine rings is 3. The minimum Gasteiger partial charge on any atom is -0.292 e. The highest BCUT2D eigenvalue weighted by molar-refractivity contribution is 6.08. The number of hydrogen-bond donors (Lipinski definition) is 0. The lowest BCUT2D eigenvalue weighted by Crippen LogP contribution is -1.99. The summed E-state index contributed by atoms with van der Waals surface area (Å²) in [6.45, 7) is 0. The molecule has 0 aliphatic rings. The van der Waals surface area contributed by atoms with Gasteiger partial charge in [-0.2, -0.15) is 0 Å². The second-order valence-corrected chi connectivity index (χ2v) is 10.2. The van der Waals surface area contributed by atoms with Crippen molar-refractivity contribution in [1.82, 2.24) is 19.5 Å². The zero-order valence-electron chi connectivity index (χ0n) is 22.1. The van der Waals surface area contributed by atoms with E-state index in [1.165, 1.54) is 27.3 Å². The first-order valence-corrected chi connectivity index (χ1v) is 13.7. The molecule has 192 valence electrons. The largest absolute Gasteiger partial charge is 0.292 e. The van der Waals surface area contributed by atoms with Crippen molar-refractivity contribution in [2.75, 3.05) is 0 Å². The van der Waals surface area contributed by atoms with Gasteiger partial charge >= 0.3 is 0 Å². The molecule has 0 fully saturated rings. The standard InChI is InChI=1S/C37H24N4/c1-2-9-26-22-28(19-18-25(26)8-1)27-10-5-11-29(23-27)32-13-6-14-33(39-32)34-15-7-17-37(40-34)41-35-16-4-3-12-30(35)31-20-21-38-24-36(31)41/h1-24H. The maximum atomic E-state index is 5.09. The van der Waals surface area contributed by atoms with Gasteiger partial charge in [-0.15, -0.1) is 0 Å². The predicted molar refractivity (Wildman–Crippen MR) is 168 cm³/mol. The molecule has 0 bridgehead atoms. The smallest absolute Gasteiger partial charge is 0.138 e. The molecule has 8 aromatic rings. The average molecular weight is 525 g/mol. The average Bonchev–Trinajstić information content (AvgIpc) is 3.39. The Bertz CT molecular complexity index is 2170. The van der Waals surface area contributed by atoms with E-state index >= 15 is 0 Å². The van der Waals surface area contributed by atoms with Crippen molar-refractivity contribution >= 4 is 32.6 Å². The highest BCUT2D eigenvalue weighted by atomic mass is 15.1. The lowest BCUT2D eigenvalue weighted by Gasteiger charge is -2.10. The summed E-state index contributed by atoms with van der Waals surface area (Å²) in [6.07, 6.45) is 3.75. The molecule has 0 spiro atoms. The van der Waals surface area contributed by atoms with Gasteiger partial charge in [-0.05, 0) is 70.4 Å². The normalized spacial score (nSPS) is 11.4. The maximum absolute atomic E-state index is 5.09. The molecule has 4 heterocycles. The summed E-state index contributed by atoms with van der Waals surface area (Å²) in [4.78, 5) is 14.6. The molecule has 4 aromatic heterocycles. The Balaban J connectivity index is 1.19. The van der Waals surface area contributed by atoms with E-state index in [9.17, 15) is 0 Å². The van der Waals surface area contributed by atoms with Gasteiger partial charge in [0.25, 0.3) is 0 Å². The SMILES string of the molecule is c1cc(-c2ccc3ccccc3c2)cc(-c2cccc(-c3cccc(-n4c5ccccc5c5ccncc54)n3)n2)c1. The zero-order valence-corrected chi connectivity index (χ0v) is 22.1. The summed E-state index contributed by atoms with van der Waals surface area (Å²) in [5, 5.41) is 4.83. The van der Waals surface area contributed by atoms with Crippen LogP contribution in [0.3, 0.4) is 0 Å². The monoisotopic (exact) mass is 524 g/mol. The van der Waals surface area contributed by atoms with E-state index in [0.717, 1.165) is 44.9 Å². The molecule has 0 radical (unpaired) electrons. The first-order chi connectivity index (χ1) is 20.3. The minimum absolute atomic E-state index is 0.824. The van der Waals surface area contributed by atoms with Crippen molar-refractivity contribution in [2.24, 2.45) is 0 Å². The van der Waals surface area contributed by atoms with Crippen LogP contribution >= 0.6 is 0 Å². The Morgan fingerprint density at radius 2 is 1.15 bits per heavy atom. The Morgan fingerprint density at radius 1 is 0.439 bits per heavy atom. The van der Waals surface area contributed by atoms with Crippen molar-refractivity contribution in [2.45, 2.75) is 0 Å². The van der Waals surface area contributed by atoms with Crippen molar-refractivity contribution in [3.8, 4) is 39.6 Å². The fourth-order valence-electron chi connectivity index (χ4n) is 5.72. The molecule has 0 saturated heterocycles. The van der Waals surface area contributed by atoms with Gasteiger partial charge < -0.3 is 0 Å². The van der Waals surface area contributed by atoms with Crippen LogP contribution in [0.25, 0.3) is 72.2 Å². The fourth-order valence-corrected chi connectivity index (χ4v) is 5.72. The summed E-state index contributed by atoms with van der Waals surface area (Å²) in [5.41, 5.74) is 8.14. The predicted octanol–water partition coefficient (Wildman–Crippen LogP) is 9.12. The number of para-hydroxylation sites is 1. The summed E-state index contributed by atoms with van der Waals surface area (Å²) in [6, 6.07) is 46.4. The van der Waals surface area contributed by atoms with Crippen LogP contribution in [0.4, 0.5) is 0 Å². The van der Waals surface area contributed by atoms with E-state index in [-0.39, 0.29) is 0 Å². The van der Waals surface area contributed by atoms with Crippen LogP contribution in [0.15, 0.2) is 146 Å². The Morgan fingerprint density at radius 3 is 2.10 bits per heavy atom. The van der Waals surface area contributed by atoms with E-state index in [1.807, 2.05) is 36.7 Å². The van der Waals surface area contributed by atoms with Crippen LogP contribution in [0, 0.1) is 0 Å². The van der Waals surface area contributed by atoms with Gasteiger partial charge in [-0.25, -0.2) is 9.97 Å². The van der Waals surface area contributed by atoms with Crippen LogP contribution in [0.5, 0.6) is 0 Å². The molecule has 0 amide bonds. The molecule has 41 heavy (non-hydrogen) atoms. The van der Waals surface area contributed by atoms with Crippen LogP contribution in [-0.4, -0.2) is 19.5 Å². The lowest BCUT2D eigenvalue weighted by atomic mass is 9.98. The molecule has 0 unspecified atom stereocenters. The second kappa shape index (κ2) is 9.54. The third-order valence-corrected chi connectivity index (χ3v) is 7.69. The second-order valence-electron chi connectivity index (χ2n) is 10.2. The molecule has 8 rings (SSSR count). The van der Waals surface area contributed by atoms with E-state index < -0.39 is 0 Å². The van der Waals surface area contributed by atoms with E-state index in [4.69, 9.17) is 9.97 Å². The van der Waals surface area contributed by atoms with Crippen molar-refractivity contribution < 1.29 is 0 Å². The van der Waals surface area contributed by atoms with Gasteiger partial charge in [0.15, 0.2) is 0 Å². The fraction of sp³-hybridized carbons (Fsp3) is 0. The number of fused-ring (bicyclic) bond motifs is 4. The molecule has 4 heteroatoms. The molecule has 4 nitrogen and oxygen atoms in total. The van der Waals surface area contributed by atoms with E-state index in [0.29, 0.717) is 0 Å². The molecule has 0 aliphatic carbocycles. The van der Waals surface area contributed by atoms with Crippen molar-refractivity contribution in [1.29, 1.82) is 0 Å². The number of hydrogen-bond acceptors (Lipinski definition) is 3. The number of rotatable bonds is 4. The van der Waals surface area contributed by atoms with Crippen molar-refractivity contribution in [3.05, 3.63) is 146 Å². The Kier molecular flexibility index (Phi) is 5.42. The van der Waals surface area contributed by atoms with Crippen molar-refractivity contribution in [3.63, 3.8) is 0 Å². The first-order valence-electron chi connectivity index (χ1n) is 13.7. The van der Waals surface area contributed by atoms with Gasteiger partial charge in [0, 0.05) is 22.5 Å². The lowest BCUT2D eigenvalue weighted by molar-refractivity contribution is 1.07. The molecule has 0 atom stereocenters. The van der Waals surface area contributed by atoms with E-state index in [2.05, 4.69) is 119 Å². The Labute approximate surface area is 237 Å². The number of nitrogens with zero attached hydrogens (tertiary/aromatic N) is 4. The van der Waals surface area contributed by atoms with Gasteiger partial charge in [0.05, 0.1) is 34.3 Å². The molecule has 0 N–H and O–H groups in total. The van der Waals surface area contributed by atoms with Gasteiger partial charge in [-0.1, -0.05) is 84.9 Å². The third-order valence-electron chi connectivity index (χ3n) is 7.69. The number of aromatic nitrogens is 4. The topological polar surface area (TPSA) is 43.6 Å². The quantitative estimate of drug-likeness (QED) is 0.231. The molecular weight excluding hydrogens is 500 g/mol. The van der Waals surface area contributed by atoms with Gasteiger partial charge in [0.2, 0.25) is 0 Å². The highest BCUT2D eigenvalue weighted by Gasteiger charge is 2.14. The summed E-state index contributed by atoms with van der Waals surface area (Å²) >= 11 is 0. The van der Waals surface area contributed by atoms with Crippen LogP contribution in [-0.2, 0) is 0 Å². The highest BCUT2D eigenvalue weighted by Crippen LogP contribution is 2.32. The van der Waals surface area contributed by atoms with Gasteiger partial charge in [0.1, 0.15) is 5.82 Å².